The second-order valence-electron chi connectivity index (χ2n) is 4.87. The SMILES string of the molecule is C=CCN1C(=O)C(Nc2cccc(F)c2)=C(c2cccs2)C1=O. The maximum absolute atomic E-state index is 13.4. The number of anilines is 1. The zero-order valence-electron chi connectivity index (χ0n) is 12.1. The van der Waals surface area contributed by atoms with Gasteiger partial charge in [-0.05, 0) is 29.6 Å². The first kappa shape index (κ1) is 15.2. The molecule has 3 rings (SSSR count). The molecule has 1 aromatic carbocycles. The molecule has 0 fully saturated rings. The van der Waals surface area contributed by atoms with Crippen LogP contribution in [0.3, 0.4) is 0 Å². The van der Waals surface area contributed by atoms with Gasteiger partial charge in [-0.15, -0.1) is 17.9 Å². The fourth-order valence-electron chi connectivity index (χ4n) is 2.35. The Morgan fingerprint density at radius 1 is 1.22 bits per heavy atom. The molecule has 0 unspecified atom stereocenters. The Morgan fingerprint density at radius 3 is 2.70 bits per heavy atom. The van der Waals surface area contributed by atoms with E-state index in [0.717, 1.165) is 4.90 Å². The minimum Gasteiger partial charge on any atom is -0.350 e. The lowest BCUT2D eigenvalue weighted by Gasteiger charge is -2.12. The van der Waals surface area contributed by atoms with Crippen LogP contribution in [-0.2, 0) is 9.59 Å². The number of rotatable bonds is 5. The molecule has 1 aliphatic rings. The molecule has 116 valence electrons. The van der Waals surface area contributed by atoms with Crippen molar-refractivity contribution >= 4 is 34.4 Å². The third-order valence-corrected chi connectivity index (χ3v) is 4.23. The van der Waals surface area contributed by atoms with E-state index in [1.165, 1.54) is 35.6 Å². The van der Waals surface area contributed by atoms with Gasteiger partial charge in [0, 0.05) is 17.1 Å². The average Bonchev–Trinajstić information content (AvgIpc) is 3.11. The summed E-state index contributed by atoms with van der Waals surface area (Å²) < 4.78 is 13.4. The minimum absolute atomic E-state index is 0.126. The molecule has 2 heterocycles. The highest BCUT2D eigenvalue weighted by Gasteiger charge is 2.38. The Hall–Kier alpha value is -2.73. The summed E-state index contributed by atoms with van der Waals surface area (Å²) in [5, 5.41) is 4.72. The van der Waals surface area contributed by atoms with Crippen molar-refractivity contribution in [1.29, 1.82) is 0 Å². The summed E-state index contributed by atoms with van der Waals surface area (Å²) in [5.74, 6) is -1.24. The van der Waals surface area contributed by atoms with Gasteiger partial charge in [-0.3, -0.25) is 14.5 Å². The fourth-order valence-corrected chi connectivity index (χ4v) is 3.11. The summed E-state index contributed by atoms with van der Waals surface area (Å²) in [6.07, 6.45) is 1.49. The molecule has 4 nitrogen and oxygen atoms in total. The Bertz CT molecular complexity index is 812. The van der Waals surface area contributed by atoms with Gasteiger partial charge in [0.1, 0.15) is 11.5 Å². The number of hydrogen-bond donors (Lipinski definition) is 1. The van der Waals surface area contributed by atoms with E-state index < -0.39 is 11.7 Å². The molecular weight excluding hydrogens is 315 g/mol. The average molecular weight is 328 g/mol. The first-order valence-corrected chi connectivity index (χ1v) is 7.77. The van der Waals surface area contributed by atoms with Gasteiger partial charge in [-0.2, -0.15) is 0 Å². The van der Waals surface area contributed by atoms with Crippen LogP contribution in [0.5, 0.6) is 0 Å². The maximum Gasteiger partial charge on any atom is 0.278 e. The molecular formula is C17H13FN2O2S. The second kappa shape index (κ2) is 6.18. The quantitative estimate of drug-likeness (QED) is 0.677. The largest absolute Gasteiger partial charge is 0.350 e. The van der Waals surface area contributed by atoms with Gasteiger partial charge in [0.25, 0.3) is 11.8 Å². The summed E-state index contributed by atoms with van der Waals surface area (Å²) in [7, 11) is 0. The van der Waals surface area contributed by atoms with Gasteiger partial charge >= 0.3 is 0 Å². The van der Waals surface area contributed by atoms with Gasteiger partial charge in [-0.25, -0.2) is 4.39 Å². The first-order valence-electron chi connectivity index (χ1n) is 6.89. The van der Waals surface area contributed by atoms with E-state index >= 15 is 0 Å². The van der Waals surface area contributed by atoms with Crippen molar-refractivity contribution < 1.29 is 14.0 Å². The zero-order chi connectivity index (χ0) is 16.4. The molecule has 0 atom stereocenters. The highest BCUT2D eigenvalue weighted by atomic mass is 32.1. The summed E-state index contributed by atoms with van der Waals surface area (Å²) in [4.78, 5) is 26.9. The topological polar surface area (TPSA) is 49.4 Å². The van der Waals surface area contributed by atoms with E-state index in [1.807, 2.05) is 5.38 Å². The molecule has 0 radical (unpaired) electrons. The van der Waals surface area contributed by atoms with Crippen LogP contribution in [0.15, 0.2) is 60.1 Å². The predicted molar refractivity (Wildman–Crippen MR) is 88.2 cm³/mol. The molecule has 2 aromatic rings. The molecule has 0 saturated heterocycles. The van der Waals surface area contributed by atoms with E-state index in [2.05, 4.69) is 11.9 Å². The van der Waals surface area contributed by atoms with Crippen LogP contribution in [0.2, 0.25) is 0 Å². The molecule has 1 N–H and O–H groups in total. The van der Waals surface area contributed by atoms with E-state index in [-0.39, 0.29) is 18.1 Å². The Morgan fingerprint density at radius 2 is 2.04 bits per heavy atom. The zero-order valence-corrected chi connectivity index (χ0v) is 12.9. The number of benzene rings is 1. The Labute approximate surface area is 136 Å². The van der Waals surface area contributed by atoms with Crippen molar-refractivity contribution in [2.45, 2.75) is 0 Å². The molecule has 0 aliphatic carbocycles. The monoisotopic (exact) mass is 328 g/mol. The smallest absolute Gasteiger partial charge is 0.278 e. The second-order valence-corrected chi connectivity index (χ2v) is 5.82. The van der Waals surface area contributed by atoms with Crippen LogP contribution >= 0.6 is 11.3 Å². The lowest BCUT2D eigenvalue weighted by Crippen LogP contribution is -2.32. The number of nitrogens with one attached hydrogen (secondary N) is 1. The van der Waals surface area contributed by atoms with Crippen molar-refractivity contribution in [3.63, 3.8) is 0 Å². The van der Waals surface area contributed by atoms with Crippen LogP contribution in [0, 0.1) is 5.82 Å². The third kappa shape index (κ3) is 2.80. The van der Waals surface area contributed by atoms with Crippen molar-refractivity contribution in [3.8, 4) is 0 Å². The number of carbonyl (C=O) groups excluding carboxylic acids is 2. The summed E-state index contributed by atoms with van der Waals surface area (Å²) in [6.45, 7) is 3.70. The molecule has 1 aromatic heterocycles. The lowest BCUT2D eigenvalue weighted by atomic mass is 10.2. The molecule has 23 heavy (non-hydrogen) atoms. The normalized spacial score (nSPS) is 14.6. The third-order valence-electron chi connectivity index (χ3n) is 3.34. The molecule has 0 bridgehead atoms. The van der Waals surface area contributed by atoms with Gasteiger partial charge in [0.15, 0.2) is 0 Å². The predicted octanol–water partition coefficient (Wildman–Crippen LogP) is 3.27. The van der Waals surface area contributed by atoms with Crippen molar-refractivity contribution in [1.82, 2.24) is 4.90 Å². The first-order chi connectivity index (χ1) is 11.1. The van der Waals surface area contributed by atoms with E-state index in [1.54, 1.807) is 18.2 Å². The van der Waals surface area contributed by atoms with E-state index in [4.69, 9.17) is 0 Å². The highest BCUT2D eigenvalue weighted by Crippen LogP contribution is 2.32. The number of thiophene rings is 1. The molecule has 2 amide bonds. The number of halogens is 1. The number of imide groups is 1. The maximum atomic E-state index is 13.4. The summed E-state index contributed by atoms with van der Waals surface area (Å²) in [6, 6.07) is 9.33. The lowest BCUT2D eigenvalue weighted by molar-refractivity contribution is -0.136. The van der Waals surface area contributed by atoms with Crippen LogP contribution < -0.4 is 5.32 Å². The molecule has 0 spiro atoms. The highest BCUT2D eigenvalue weighted by molar-refractivity contribution is 7.11. The van der Waals surface area contributed by atoms with Gasteiger partial charge < -0.3 is 5.32 Å². The van der Waals surface area contributed by atoms with E-state index in [0.29, 0.717) is 16.1 Å². The Kier molecular flexibility index (Phi) is 4.08. The number of hydrogen-bond acceptors (Lipinski definition) is 4. The Balaban J connectivity index is 2.05. The molecule has 1 aliphatic heterocycles. The van der Waals surface area contributed by atoms with Crippen molar-refractivity contribution in [2.75, 3.05) is 11.9 Å². The van der Waals surface area contributed by atoms with Gasteiger partial charge in [0.05, 0.1) is 5.57 Å². The number of nitrogens with zero attached hydrogens (tertiary/aromatic N) is 1. The van der Waals surface area contributed by atoms with Gasteiger partial charge in [0.2, 0.25) is 0 Å². The summed E-state index contributed by atoms with van der Waals surface area (Å²) in [5.41, 5.74) is 0.872. The summed E-state index contributed by atoms with van der Waals surface area (Å²) >= 11 is 1.37. The van der Waals surface area contributed by atoms with Crippen LogP contribution in [0.25, 0.3) is 5.57 Å². The van der Waals surface area contributed by atoms with Crippen LogP contribution in [0.4, 0.5) is 10.1 Å². The van der Waals surface area contributed by atoms with Crippen LogP contribution in [0.1, 0.15) is 4.88 Å². The van der Waals surface area contributed by atoms with E-state index in [9.17, 15) is 14.0 Å². The number of amides is 2. The molecule has 0 saturated carbocycles. The molecule has 6 heteroatoms. The van der Waals surface area contributed by atoms with Crippen LogP contribution in [-0.4, -0.2) is 23.3 Å². The van der Waals surface area contributed by atoms with Crippen molar-refractivity contribution in [3.05, 3.63) is 70.8 Å². The minimum atomic E-state index is -0.442. The standard InChI is InChI=1S/C17H13FN2O2S/c1-2-8-20-16(21)14(13-7-4-9-23-13)15(17(20)22)19-12-6-3-5-11(18)10-12/h2-7,9-10,19H,1,8H2. The number of carbonyl (C=O) groups is 2. The van der Waals surface area contributed by atoms with Crippen molar-refractivity contribution in [2.24, 2.45) is 0 Å². The van der Waals surface area contributed by atoms with Gasteiger partial charge in [-0.1, -0.05) is 18.2 Å². The fraction of sp³-hybridized carbons (Fsp3) is 0.0588.